The number of fused-ring (bicyclic) bond motifs is 1. The van der Waals surface area contributed by atoms with Crippen LogP contribution in [0.4, 0.5) is 11.4 Å². The molecule has 0 radical (unpaired) electrons. The highest BCUT2D eigenvalue weighted by molar-refractivity contribution is 6.07. The van der Waals surface area contributed by atoms with Gasteiger partial charge in [-0.1, -0.05) is 0 Å². The van der Waals surface area contributed by atoms with E-state index in [1.165, 1.54) is 25.4 Å². The lowest BCUT2D eigenvalue weighted by Gasteiger charge is -2.15. The number of pyridine rings is 1. The number of hydrogen-bond donors (Lipinski definition) is 2. The Balaban J connectivity index is 0.00000320. The number of aromatic carboxylic acids is 1. The summed E-state index contributed by atoms with van der Waals surface area (Å²) in [6.45, 7) is 1.88. The van der Waals surface area contributed by atoms with Crippen LogP contribution in [0.25, 0.3) is 10.9 Å². The van der Waals surface area contributed by atoms with Crippen LogP contribution < -0.4 is 5.32 Å². The van der Waals surface area contributed by atoms with Crippen LogP contribution in [0.3, 0.4) is 0 Å². The summed E-state index contributed by atoms with van der Waals surface area (Å²) in [4.78, 5) is 39.7. The molecule has 0 saturated heterocycles. The maximum absolute atomic E-state index is 12.4. The van der Waals surface area contributed by atoms with E-state index in [1.54, 1.807) is 37.3 Å². The normalized spacial score (nSPS) is 10.1. The third-order valence-electron chi connectivity index (χ3n) is 4.19. The van der Waals surface area contributed by atoms with E-state index < -0.39 is 17.9 Å². The van der Waals surface area contributed by atoms with Crippen LogP contribution in [0, 0.1) is 0 Å². The summed E-state index contributed by atoms with van der Waals surface area (Å²) in [6, 6.07) is 10.8. The van der Waals surface area contributed by atoms with Crippen molar-refractivity contribution in [1.29, 1.82) is 0 Å². The first-order valence-electron chi connectivity index (χ1n) is 8.73. The summed E-state index contributed by atoms with van der Waals surface area (Å²) in [7, 11) is 1.28. The molecule has 8 nitrogen and oxygen atoms in total. The van der Waals surface area contributed by atoms with Gasteiger partial charge >= 0.3 is 17.9 Å². The van der Waals surface area contributed by atoms with Crippen molar-refractivity contribution in [1.82, 2.24) is 4.98 Å². The smallest absolute Gasteiger partial charge is 0.341 e. The molecular weight excluding hydrogens is 412 g/mol. The van der Waals surface area contributed by atoms with Crippen molar-refractivity contribution in [2.24, 2.45) is 0 Å². The largest absolute Gasteiger partial charge is 0.478 e. The lowest BCUT2D eigenvalue weighted by molar-refractivity contribution is 0.0526. The summed E-state index contributed by atoms with van der Waals surface area (Å²) in [5.74, 6) is -2.14. The number of rotatable bonds is 6. The fraction of sp³-hybridized carbons (Fsp3) is 0.143. The van der Waals surface area contributed by atoms with Crippen LogP contribution >= 0.6 is 12.4 Å². The van der Waals surface area contributed by atoms with Crippen LogP contribution in [-0.4, -0.2) is 41.7 Å². The van der Waals surface area contributed by atoms with Crippen molar-refractivity contribution in [3.63, 3.8) is 0 Å². The molecule has 0 spiro atoms. The summed E-state index contributed by atoms with van der Waals surface area (Å²) < 4.78 is 9.88. The number of aromatic nitrogens is 1. The summed E-state index contributed by atoms with van der Waals surface area (Å²) in [6.07, 6.45) is 1.39. The zero-order chi connectivity index (χ0) is 21.0. The zero-order valence-corrected chi connectivity index (χ0v) is 17.0. The van der Waals surface area contributed by atoms with E-state index >= 15 is 0 Å². The van der Waals surface area contributed by atoms with Crippen LogP contribution in [0.5, 0.6) is 0 Å². The van der Waals surface area contributed by atoms with Crippen molar-refractivity contribution >= 4 is 52.6 Å². The number of ether oxygens (including phenoxy) is 2. The molecule has 0 bridgehead atoms. The second-order valence-electron chi connectivity index (χ2n) is 6.00. The summed E-state index contributed by atoms with van der Waals surface area (Å²) >= 11 is 0. The number of esters is 2. The molecule has 0 unspecified atom stereocenters. The van der Waals surface area contributed by atoms with Gasteiger partial charge in [0.05, 0.1) is 36.0 Å². The lowest BCUT2D eigenvalue weighted by atomic mass is 10.1. The number of carboxylic acid groups (broad SMARTS) is 1. The molecule has 156 valence electrons. The molecule has 3 rings (SSSR count). The molecule has 0 saturated carbocycles. The van der Waals surface area contributed by atoms with Gasteiger partial charge in [-0.25, -0.2) is 14.4 Å². The molecule has 1 aromatic heterocycles. The van der Waals surface area contributed by atoms with Gasteiger partial charge in [-0.15, -0.1) is 12.4 Å². The molecule has 0 fully saturated rings. The molecule has 0 aliphatic carbocycles. The number of carbonyl (C=O) groups is 3. The average molecular weight is 431 g/mol. The third kappa shape index (κ3) is 4.66. The number of anilines is 2. The first kappa shape index (κ1) is 22.6. The van der Waals surface area contributed by atoms with Gasteiger partial charge in [-0.05, 0) is 49.4 Å². The number of nitrogens with one attached hydrogen (secondary N) is 1. The number of methoxy groups -OCH3 is 1. The van der Waals surface area contributed by atoms with E-state index in [2.05, 4.69) is 10.3 Å². The van der Waals surface area contributed by atoms with Crippen molar-refractivity contribution in [2.75, 3.05) is 19.0 Å². The van der Waals surface area contributed by atoms with Crippen LogP contribution in [0.2, 0.25) is 0 Å². The minimum absolute atomic E-state index is 0. The Hall–Kier alpha value is -3.65. The predicted molar refractivity (Wildman–Crippen MR) is 113 cm³/mol. The Bertz CT molecular complexity index is 1100. The number of halogens is 1. The van der Waals surface area contributed by atoms with Crippen molar-refractivity contribution in [3.8, 4) is 0 Å². The molecule has 3 aromatic rings. The quantitative estimate of drug-likeness (QED) is 0.562. The van der Waals surface area contributed by atoms with E-state index in [9.17, 15) is 14.4 Å². The standard InChI is InChI=1S/C21H18N2O6.ClH/c1-3-29-21(27)16-11-22-17-9-6-13(20(26)28-2)10-15(17)18(16)23-14-7-4-12(5-8-14)19(24)25;/h4-11H,3H2,1-2H3,(H,22,23)(H,24,25);1H. The van der Waals surface area contributed by atoms with Crippen molar-refractivity contribution < 1.29 is 29.0 Å². The molecule has 2 N–H and O–H groups in total. The van der Waals surface area contributed by atoms with Gasteiger partial charge in [-0.2, -0.15) is 0 Å². The predicted octanol–water partition coefficient (Wildman–Crippen LogP) is 4.06. The van der Waals surface area contributed by atoms with E-state index in [0.29, 0.717) is 27.8 Å². The molecule has 30 heavy (non-hydrogen) atoms. The molecule has 0 atom stereocenters. The summed E-state index contributed by atoms with van der Waals surface area (Å²) in [5, 5.41) is 12.7. The van der Waals surface area contributed by atoms with Crippen LogP contribution in [-0.2, 0) is 9.47 Å². The Morgan fingerprint density at radius 2 is 1.70 bits per heavy atom. The SMILES string of the molecule is CCOC(=O)c1cnc2ccc(C(=O)OC)cc2c1Nc1ccc(C(=O)O)cc1.Cl. The minimum atomic E-state index is -1.04. The molecule has 0 aliphatic rings. The Morgan fingerprint density at radius 3 is 2.30 bits per heavy atom. The lowest BCUT2D eigenvalue weighted by Crippen LogP contribution is -2.10. The van der Waals surface area contributed by atoms with Gasteiger partial charge in [-0.3, -0.25) is 4.98 Å². The number of carbonyl (C=O) groups excluding carboxylic acids is 2. The molecule has 1 heterocycles. The number of carboxylic acids is 1. The fourth-order valence-corrected chi connectivity index (χ4v) is 2.78. The van der Waals surface area contributed by atoms with Crippen LogP contribution in [0.1, 0.15) is 38.0 Å². The maximum Gasteiger partial charge on any atom is 0.341 e. The van der Waals surface area contributed by atoms with Gasteiger partial charge in [0, 0.05) is 17.3 Å². The number of benzene rings is 2. The summed E-state index contributed by atoms with van der Waals surface area (Å²) in [5.41, 5.74) is 2.11. The maximum atomic E-state index is 12.4. The van der Waals surface area contributed by atoms with E-state index in [1.807, 2.05) is 0 Å². The van der Waals surface area contributed by atoms with Gasteiger partial charge in [0.1, 0.15) is 5.56 Å². The average Bonchev–Trinajstić information content (AvgIpc) is 2.73. The van der Waals surface area contributed by atoms with E-state index in [-0.39, 0.29) is 30.1 Å². The second-order valence-corrected chi connectivity index (χ2v) is 6.00. The Labute approximate surface area is 178 Å². The monoisotopic (exact) mass is 430 g/mol. The molecule has 9 heteroatoms. The van der Waals surface area contributed by atoms with Crippen LogP contribution in [0.15, 0.2) is 48.7 Å². The minimum Gasteiger partial charge on any atom is -0.478 e. The molecule has 2 aromatic carbocycles. The fourth-order valence-electron chi connectivity index (χ4n) is 2.78. The Kier molecular flexibility index (Phi) is 7.32. The molecular formula is C21H19ClN2O6. The van der Waals surface area contributed by atoms with Gasteiger partial charge < -0.3 is 19.9 Å². The molecule has 0 aliphatic heterocycles. The van der Waals surface area contributed by atoms with Crippen molar-refractivity contribution in [2.45, 2.75) is 6.92 Å². The highest BCUT2D eigenvalue weighted by Crippen LogP contribution is 2.31. The zero-order valence-electron chi connectivity index (χ0n) is 16.2. The van der Waals surface area contributed by atoms with E-state index in [4.69, 9.17) is 14.6 Å². The van der Waals surface area contributed by atoms with E-state index in [0.717, 1.165) is 0 Å². The second kappa shape index (κ2) is 9.71. The highest BCUT2D eigenvalue weighted by atomic mass is 35.5. The van der Waals surface area contributed by atoms with Gasteiger partial charge in [0.25, 0.3) is 0 Å². The van der Waals surface area contributed by atoms with Crippen molar-refractivity contribution in [3.05, 3.63) is 65.4 Å². The number of hydrogen-bond acceptors (Lipinski definition) is 7. The third-order valence-corrected chi connectivity index (χ3v) is 4.19. The highest BCUT2D eigenvalue weighted by Gasteiger charge is 2.18. The number of nitrogens with zero attached hydrogens (tertiary/aromatic N) is 1. The molecule has 0 amide bonds. The first-order valence-corrected chi connectivity index (χ1v) is 8.73. The van der Waals surface area contributed by atoms with Gasteiger partial charge in [0.2, 0.25) is 0 Å². The first-order chi connectivity index (χ1) is 13.9. The topological polar surface area (TPSA) is 115 Å². The van der Waals surface area contributed by atoms with Gasteiger partial charge in [0.15, 0.2) is 0 Å². The Morgan fingerprint density at radius 1 is 1.03 bits per heavy atom.